The molecular formula is C13H22N2O. The van der Waals surface area contributed by atoms with E-state index in [9.17, 15) is 0 Å². The van der Waals surface area contributed by atoms with E-state index in [2.05, 4.69) is 32.3 Å². The van der Waals surface area contributed by atoms with Gasteiger partial charge in [-0.1, -0.05) is 32.9 Å². The van der Waals surface area contributed by atoms with Crippen molar-refractivity contribution in [3.63, 3.8) is 0 Å². The van der Waals surface area contributed by atoms with Crippen molar-refractivity contribution >= 4 is 0 Å². The van der Waals surface area contributed by atoms with Gasteiger partial charge < -0.3 is 4.74 Å². The fourth-order valence-electron chi connectivity index (χ4n) is 1.77. The van der Waals surface area contributed by atoms with Crippen LogP contribution in [0.1, 0.15) is 32.4 Å². The molecule has 3 nitrogen and oxygen atoms in total. The zero-order chi connectivity index (χ0) is 12.1. The van der Waals surface area contributed by atoms with Crippen molar-refractivity contribution in [1.82, 2.24) is 5.43 Å². The van der Waals surface area contributed by atoms with E-state index in [-0.39, 0.29) is 6.04 Å². The summed E-state index contributed by atoms with van der Waals surface area (Å²) >= 11 is 0. The van der Waals surface area contributed by atoms with Gasteiger partial charge in [-0.05, 0) is 29.5 Å². The van der Waals surface area contributed by atoms with Gasteiger partial charge in [-0.3, -0.25) is 11.3 Å². The highest BCUT2D eigenvalue weighted by Crippen LogP contribution is 2.28. The van der Waals surface area contributed by atoms with Crippen LogP contribution >= 0.6 is 0 Å². The Morgan fingerprint density at radius 1 is 1.25 bits per heavy atom. The van der Waals surface area contributed by atoms with Gasteiger partial charge in [0.1, 0.15) is 5.75 Å². The first-order valence-corrected chi connectivity index (χ1v) is 5.70. The third-order valence-corrected chi connectivity index (χ3v) is 3.21. The molecule has 0 heterocycles. The SMILES string of the molecule is COc1cccc(C(NN)C(C)C(C)C)c1. The van der Waals surface area contributed by atoms with E-state index in [1.807, 2.05) is 18.2 Å². The molecule has 0 aliphatic carbocycles. The monoisotopic (exact) mass is 222 g/mol. The largest absolute Gasteiger partial charge is 0.497 e. The smallest absolute Gasteiger partial charge is 0.119 e. The predicted molar refractivity (Wildman–Crippen MR) is 67.1 cm³/mol. The molecule has 0 amide bonds. The van der Waals surface area contributed by atoms with Gasteiger partial charge in [-0.15, -0.1) is 0 Å². The maximum Gasteiger partial charge on any atom is 0.119 e. The van der Waals surface area contributed by atoms with Gasteiger partial charge in [0.05, 0.1) is 7.11 Å². The van der Waals surface area contributed by atoms with E-state index in [4.69, 9.17) is 10.6 Å². The molecule has 0 fully saturated rings. The number of nitrogens with two attached hydrogens (primary N) is 1. The lowest BCUT2D eigenvalue weighted by Gasteiger charge is -2.26. The predicted octanol–water partition coefficient (Wildman–Crippen LogP) is 2.49. The van der Waals surface area contributed by atoms with Gasteiger partial charge in [0.15, 0.2) is 0 Å². The summed E-state index contributed by atoms with van der Waals surface area (Å²) in [6.45, 7) is 6.61. The summed E-state index contributed by atoms with van der Waals surface area (Å²) in [7, 11) is 1.68. The standard InChI is InChI=1S/C13H22N2O/c1-9(2)10(3)13(15-14)11-6-5-7-12(8-11)16-4/h5-10,13,15H,14H2,1-4H3. The summed E-state index contributed by atoms with van der Waals surface area (Å²) in [4.78, 5) is 0. The minimum absolute atomic E-state index is 0.162. The molecule has 0 saturated carbocycles. The minimum Gasteiger partial charge on any atom is -0.497 e. The molecule has 1 aromatic rings. The van der Waals surface area contributed by atoms with Crippen molar-refractivity contribution in [1.29, 1.82) is 0 Å². The Kier molecular flexibility index (Phi) is 4.77. The average Bonchev–Trinajstić information content (AvgIpc) is 2.30. The van der Waals surface area contributed by atoms with Crippen LogP contribution in [-0.2, 0) is 0 Å². The molecule has 0 spiro atoms. The molecule has 0 aromatic heterocycles. The third kappa shape index (κ3) is 2.97. The maximum absolute atomic E-state index is 5.64. The molecule has 0 saturated heterocycles. The molecule has 0 radical (unpaired) electrons. The fraction of sp³-hybridized carbons (Fsp3) is 0.538. The molecule has 3 N–H and O–H groups in total. The van der Waals surface area contributed by atoms with Gasteiger partial charge in [0, 0.05) is 6.04 Å². The van der Waals surface area contributed by atoms with E-state index < -0.39 is 0 Å². The Hall–Kier alpha value is -1.06. The number of rotatable bonds is 5. The molecule has 2 atom stereocenters. The molecule has 0 aliphatic rings. The number of hydrogen-bond donors (Lipinski definition) is 2. The first-order valence-electron chi connectivity index (χ1n) is 5.70. The van der Waals surface area contributed by atoms with Crippen LogP contribution < -0.4 is 16.0 Å². The lowest BCUT2D eigenvalue weighted by atomic mass is 9.86. The molecule has 3 heteroatoms. The quantitative estimate of drug-likeness (QED) is 0.594. The Balaban J connectivity index is 2.94. The van der Waals surface area contributed by atoms with E-state index in [0.717, 1.165) is 5.75 Å². The third-order valence-electron chi connectivity index (χ3n) is 3.21. The van der Waals surface area contributed by atoms with E-state index in [1.165, 1.54) is 5.56 Å². The Labute approximate surface area is 98.0 Å². The van der Waals surface area contributed by atoms with E-state index in [1.54, 1.807) is 7.11 Å². The van der Waals surface area contributed by atoms with Crippen LogP contribution in [0, 0.1) is 11.8 Å². The van der Waals surface area contributed by atoms with Crippen molar-refractivity contribution in [2.24, 2.45) is 17.7 Å². The van der Waals surface area contributed by atoms with Crippen LogP contribution in [0.25, 0.3) is 0 Å². The van der Waals surface area contributed by atoms with Crippen LogP contribution in [0.5, 0.6) is 5.75 Å². The van der Waals surface area contributed by atoms with Crippen LogP contribution in [0.3, 0.4) is 0 Å². The number of nitrogens with one attached hydrogen (secondary N) is 1. The topological polar surface area (TPSA) is 47.3 Å². The Bertz CT molecular complexity index is 325. The average molecular weight is 222 g/mol. The number of benzene rings is 1. The highest BCUT2D eigenvalue weighted by Gasteiger charge is 2.20. The van der Waals surface area contributed by atoms with Crippen LogP contribution in [-0.4, -0.2) is 7.11 Å². The first-order chi connectivity index (χ1) is 7.60. The molecule has 0 bridgehead atoms. The van der Waals surface area contributed by atoms with E-state index >= 15 is 0 Å². The van der Waals surface area contributed by atoms with Crippen molar-refractivity contribution in [2.75, 3.05) is 7.11 Å². The van der Waals surface area contributed by atoms with Crippen molar-refractivity contribution in [3.05, 3.63) is 29.8 Å². The van der Waals surface area contributed by atoms with Gasteiger partial charge in [0.2, 0.25) is 0 Å². The van der Waals surface area contributed by atoms with Crippen molar-refractivity contribution < 1.29 is 4.74 Å². The van der Waals surface area contributed by atoms with Crippen molar-refractivity contribution in [2.45, 2.75) is 26.8 Å². The van der Waals surface area contributed by atoms with Gasteiger partial charge >= 0.3 is 0 Å². The molecule has 90 valence electrons. The van der Waals surface area contributed by atoms with Gasteiger partial charge in [0.25, 0.3) is 0 Å². The summed E-state index contributed by atoms with van der Waals surface area (Å²) in [5.41, 5.74) is 4.06. The number of ether oxygens (including phenoxy) is 1. The van der Waals surface area contributed by atoms with Gasteiger partial charge in [-0.2, -0.15) is 0 Å². The molecule has 0 aliphatic heterocycles. The lowest BCUT2D eigenvalue weighted by molar-refractivity contribution is 0.305. The first kappa shape index (κ1) is 13.0. The van der Waals surface area contributed by atoms with Crippen LogP contribution in [0.2, 0.25) is 0 Å². The second kappa shape index (κ2) is 5.87. The highest BCUT2D eigenvalue weighted by molar-refractivity contribution is 5.30. The van der Waals surface area contributed by atoms with Crippen LogP contribution in [0.15, 0.2) is 24.3 Å². The fourth-order valence-corrected chi connectivity index (χ4v) is 1.77. The maximum atomic E-state index is 5.64. The second-order valence-corrected chi connectivity index (χ2v) is 4.52. The minimum atomic E-state index is 0.162. The van der Waals surface area contributed by atoms with Crippen molar-refractivity contribution in [3.8, 4) is 5.75 Å². The van der Waals surface area contributed by atoms with E-state index in [0.29, 0.717) is 11.8 Å². The summed E-state index contributed by atoms with van der Waals surface area (Å²) in [5.74, 6) is 7.56. The molecule has 2 unspecified atom stereocenters. The normalized spacial score (nSPS) is 14.9. The number of methoxy groups -OCH3 is 1. The molecular weight excluding hydrogens is 200 g/mol. The number of hydrogen-bond acceptors (Lipinski definition) is 3. The van der Waals surface area contributed by atoms with Crippen LogP contribution in [0.4, 0.5) is 0 Å². The lowest BCUT2D eigenvalue weighted by Crippen LogP contribution is -2.34. The second-order valence-electron chi connectivity index (χ2n) is 4.52. The summed E-state index contributed by atoms with van der Waals surface area (Å²) < 4.78 is 5.22. The molecule has 1 rings (SSSR count). The molecule has 1 aromatic carbocycles. The zero-order valence-corrected chi connectivity index (χ0v) is 10.5. The number of hydrazine groups is 1. The highest BCUT2D eigenvalue weighted by atomic mass is 16.5. The summed E-state index contributed by atoms with van der Waals surface area (Å²) in [6, 6.07) is 8.20. The van der Waals surface area contributed by atoms with Gasteiger partial charge in [-0.25, -0.2) is 0 Å². The zero-order valence-electron chi connectivity index (χ0n) is 10.5. The summed E-state index contributed by atoms with van der Waals surface area (Å²) in [5, 5.41) is 0. The summed E-state index contributed by atoms with van der Waals surface area (Å²) in [6.07, 6.45) is 0. The Morgan fingerprint density at radius 2 is 1.94 bits per heavy atom. The Morgan fingerprint density at radius 3 is 2.44 bits per heavy atom. The molecule has 16 heavy (non-hydrogen) atoms.